The van der Waals surface area contributed by atoms with Crippen LogP contribution in [0.5, 0.6) is 0 Å². The first-order chi connectivity index (χ1) is 9.55. The van der Waals surface area contributed by atoms with Gasteiger partial charge in [-0.25, -0.2) is 0 Å². The largest absolute Gasteiger partial charge is 0.381 e. The summed E-state index contributed by atoms with van der Waals surface area (Å²) in [6.07, 6.45) is 1.99. The van der Waals surface area contributed by atoms with Gasteiger partial charge in [0.15, 0.2) is 0 Å². The van der Waals surface area contributed by atoms with Gasteiger partial charge in [-0.2, -0.15) is 0 Å². The van der Waals surface area contributed by atoms with Crippen LogP contribution in [0.3, 0.4) is 0 Å². The lowest BCUT2D eigenvalue weighted by molar-refractivity contribution is -0.130. The molecule has 4 nitrogen and oxygen atoms in total. The van der Waals surface area contributed by atoms with Crippen molar-refractivity contribution in [2.24, 2.45) is 5.73 Å². The summed E-state index contributed by atoms with van der Waals surface area (Å²) in [5, 5.41) is 3.08. The zero-order valence-corrected chi connectivity index (χ0v) is 13.3. The van der Waals surface area contributed by atoms with Gasteiger partial charge < -0.3 is 15.8 Å². The van der Waals surface area contributed by atoms with E-state index in [-0.39, 0.29) is 11.9 Å². The topological polar surface area (TPSA) is 64.4 Å². The Hall–Kier alpha value is -0.910. The Labute approximate surface area is 128 Å². The van der Waals surface area contributed by atoms with Crippen LogP contribution in [0.25, 0.3) is 0 Å². The fourth-order valence-corrected chi connectivity index (χ4v) is 2.65. The number of hydrogen-bond donors (Lipinski definition) is 2. The fraction of sp³-hybridized carbons (Fsp3) is 0.533. The summed E-state index contributed by atoms with van der Waals surface area (Å²) >= 11 is 3.42. The molecular formula is C15H21BrN2O2. The summed E-state index contributed by atoms with van der Waals surface area (Å²) in [5.41, 5.74) is 6.51. The van der Waals surface area contributed by atoms with Gasteiger partial charge in [-0.3, -0.25) is 4.79 Å². The first-order valence-electron chi connectivity index (χ1n) is 6.98. The Morgan fingerprint density at radius 3 is 2.55 bits per heavy atom. The van der Waals surface area contributed by atoms with Gasteiger partial charge in [0.05, 0.1) is 11.6 Å². The molecule has 1 saturated heterocycles. The molecule has 5 heteroatoms. The number of amides is 1. The van der Waals surface area contributed by atoms with Gasteiger partial charge in [-0.1, -0.05) is 35.0 Å². The number of hydrogen-bond acceptors (Lipinski definition) is 3. The number of carbonyl (C=O) groups is 1. The molecule has 1 aromatic rings. The van der Waals surface area contributed by atoms with E-state index in [4.69, 9.17) is 10.5 Å². The van der Waals surface area contributed by atoms with E-state index in [2.05, 4.69) is 28.2 Å². The van der Waals surface area contributed by atoms with E-state index in [1.54, 1.807) is 0 Å². The minimum absolute atomic E-state index is 0.00105. The minimum Gasteiger partial charge on any atom is -0.381 e. The molecule has 2 rings (SSSR count). The minimum atomic E-state index is -0.791. The summed E-state index contributed by atoms with van der Waals surface area (Å²) in [7, 11) is 0. The van der Waals surface area contributed by atoms with Crippen molar-refractivity contribution in [2.45, 2.75) is 37.8 Å². The van der Waals surface area contributed by atoms with Gasteiger partial charge in [-0.05, 0) is 37.0 Å². The number of benzene rings is 1. The fourth-order valence-electron chi connectivity index (χ4n) is 2.38. The highest BCUT2D eigenvalue weighted by Gasteiger charge is 2.36. The van der Waals surface area contributed by atoms with E-state index in [9.17, 15) is 4.79 Å². The molecule has 0 radical (unpaired) electrons. The van der Waals surface area contributed by atoms with Gasteiger partial charge in [0, 0.05) is 17.7 Å². The summed E-state index contributed by atoms with van der Waals surface area (Å²) < 4.78 is 6.31. The van der Waals surface area contributed by atoms with Crippen molar-refractivity contribution in [1.29, 1.82) is 0 Å². The van der Waals surface area contributed by atoms with E-state index in [1.807, 2.05) is 24.3 Å². The molecule has 1 unspecified atom stereocenters. The standard InChI is InChI=1S/C15H21BrN2O2/c1-2-13(11-3-5-12(16)6-4-11)18-14(19)15(17)7-9-20-10-8-15/h3-6,13H,2,7-10,17H2,1H3,(H,18,19). The average Bonchev–Trinajstić information content (AvgIpc) is 2.46. The first-order valence-corrected chi connectivity index (χ1v) is 7.77. The van der Waals surface area contributed by atoms with Crippen molar-refractivity contribution in [3.05, 3.63) is 34.3 Å². The Morgan fingerprint density at radius 2 is 2.00 bits per heavy atom. The maximum Gasteiger partial charge on any atom is 0.240 e. The van der Waals surface area contributed by atoms with Crippen molar-refractivity contribution >= 4 is 21.8 Å². The van der Waals surface area contributed by atoms with Crippen LogP contribution in [0.4, 0.5) is 0 Å². The van der Waals surface area contributed by atoms with E-state index < -0.39 is 5.54 Å². The van der Waals surface area contributed by atoms with Gasteiger partial charge in [0.2, 0.25) is 5.91 Å². The monoisotopic (exact) mass is 340 g/mol. The lowest BCUT2D eigenvalue weighted by Crippen LogP contribution is -2.57. The van der Waals surface area contributed by atoms with Gasteiger partial charge in [-0.15, -0.1) is 0 Å². The van der Waals surface area contributed by atoms with E-state index >= 15 is 0 Å². The molecule has 1 aliphatic rings. The number of rotatable bonds is 4. The predicted molar refractivity (Wildman–Crippen MR) is 82.3 cm³/mol. The zero-order valence-electron chi connectivity index (χ0n) is 11.7. The number of carbonyl (C=O) groups excluding carboxylic acids is 1. The van der Waals surface area contributed by atoms with Crippen LogP contribution in [0, 0.1) is 0 Å². The molecule has 0 bridgehead atoms. The number of nitrogens with one attached hydrogen (secondary N) is 1. The normalized spacial score (nSPS) is 19.4. The molecule has 0 spiro atoms. The van der Waals surface area contributed by atoms with Gasteiger partial charge in [0.25, 0.3) is 0 Å². The summed E-state index contributed by atoms with van der Waals surface area (Å²) in [4.78, 5) is 12.4. The third-order valence-electron chi connectivity index (χ3n) is 3.82. The molecule has 1 atom stereocenters. The second-order valence-electron chi connectivity index (χ2n) is 5.25. The molecule has 1 amide bonds. The van der Waals surface area contributed by atoms with Crippen LogP contribution in [0.1, 0.15) is 37.8 Å². The predicted octanol–water partition coefficient (Wildman–Crippen LogP) is 2.52. The number of ether oxygens (including phenoxy) is 1. The van der Waals surface area contributed by atoms with Crippen molar-refractivity contribution in [3.63, 3.8) is 0 Å². The summed E-state index contributed by atoms with van der Waals surface area (Å²) in [6, 6.07) is 8.00. The number of nitrogens with two attached hydrogens (primary N) is 1. The Kier molecular flexibility index (Phi) is 5.18. The molecule has 1 fully saturated rings. The molecule has 3 N–H and O–H groups in total. The average molecular weight is 341 g/mol. The Balaban J connectivity index is 2.05. The van der Waals surface area contributed by atoms with Crippen molar-refractivity contribution in [1.82, 2.24) is 5.32 Å². The van der Waals surface area contributed by atoms with Crippen LogP contribution in [0.15, 0.2) is 28.7 Å². The molecular weight excluding hydrogens is 320 g/mol. The third-order valence-corrected chi connectivity index (χ3v) is 4.35. The SMILES string of the molecule is CCC(NC(=O)C1(N)CCOCC1)c1ccc(Br)cc1. The second kappa shape index (κ2) is 6.70. The quantitative estimate of drug-likeness (QED) is 0.885. The van der Waals surface area contributed by atoms with Crippen LogP contribution in [-0.4, -0.2) is 24.7 Å². The van der Waals surface area contributed by atoms with E-state index in [0.29, 0.717) is 26.1 Å². The first kappa shape index (κ1) is 15.5. The Bertz CT molecular complexity index is 455. The van der Waals surface area contributed by atoms with Crippen molar-refractivity contribution in [3.8, 4) is 0 Å². The highest BCUT2D eigenvalue weighted by molar-refractivity contribution is 9.10. The maximum absolute atomic E-state index is 12.4. The summed E-state index contributed by atoms with van der Waals surface area (Å²) in [6.45, 7) is 3.16. The maximum atomic E-state index is 12.4. The molecule has 0 saturated carbocycles. The second-order valence-corrected chi connectivity index (χ2v) is 6.17. The third kappa shape index (κ3) is 3.59. The van der Waals surface area contributed by atoms with Crippen LogP contribution < -0.4 is 11.1 Å². The smallest absolute Gasteiger partial charge is 0.240 e. The summed E-state index contributed by atoms with van der Waals surface area (Å²) in [5.74, 6) is -0.0735. The van der Waals surface area contributed by atoms with Crippen LogP contribution in [-0.2, 0) is 9.53 Å². The van der Waals surface area contributed by atoms with Crippen molar-refractivity contribution < 1.29 is 9.53 Å². The molecule has 1 aromatic carbocycles. The van der Waals surface area contributed by atoms with Crippen LogP contribution in [0.2, 0.25) is 0 Å². The molecule has 20 heavy (non-hydrogen) atoms. The highest BCUT2D eigenvalue weighted by atomic mass is 79.9. The molecule has 0 aromatic heterocycles. The van der Waals surface area contributed by atoms with E-state index in [1.165, 1.54) is 0 Å². The van der Waals surface area contributed by atoms with Crippen LogP contribution >= 0.6 is 15.9 Å². The molecule has 1 aliphatic heterocycles. The van der Waals surface area contributed by atoms with Crippen molar-refractivity contribution in [2.75, 3.05) is 13.2 Å². The van der Waals surface area contributed by atoms with E-state index in [0.717, 1.165) is 16.5 Å². The highest BCUT2D eigenvalue weighted by Crippen LogP contribution is 2.23. The Morgan fingerprint density at radius 1 is 1.40 bits per heavy atom. The lowest BCUT2D eigenvalue weighted by Gasteiger charge is -2.33. The molecule has 1 heterocycles. The molecule has 0 aliphatic carbocycles. The van der Waals surface area contributed by atoms with Gasteiger partial charge in [0.1, 0.15) is 0 Å². The molecule has 110 valence electrons. The van der Waals surface area contributed by atoms with Gasteiger partial charge >= 0.3 is 0 Å². The number of halogens is 1. The lowest BCUT2D eigenvalue weighted by atomic mass is 9.89. The zero-order chi connectivity index (χ0) is 14.6.